The number of allylic oxidation sites excluding steroid dienone is 5. The predicted molar refractivity (Wildman–Crippen MR) is 123 cm³/mol. The molecule has 2 aliphatic rings. The summed E-state index contributed by atoms with van der Waals surface area (Å²) >= 11 is 0. The molecule has 1 unspecified atom stereocenters. The van der Waals surface area contributed by atoms with Crippen molar-refractivity contribution in [3.8, 4) is 5.75 Å². The van der Waals surface area contributed by atoms with Gasteiger partial charge in [-0.05, 0) is 29.7 Å². The van der Waals surface area contributed by atoms with Crippen LogP contribution < -0.4 is 9.64 Å². The Morgan fingerprint density at radius 2 is 2.00 bits per heavy atom. The van der Waals surface area contributed by atoms with Crippen molar-refractivity contribution in [3.63, 3.8) is 0 Å². The van der Waals surface area contributed by atoms with Crippen LogP contribution in [0.5, 0.6) is 5.75 Å². The Balaban J connectivity index is 1.64. The fourth-order valence-corrected chi connectivity index (χ4v) is 4.59. The summed E-state index contributed by atoms with van der Waals surface area (Å²) in [5.74, 6) is 0.541. The van der Waals surface area contributed by atoms with Crippen LogP contribution in [0.3, 0.4) is 0 Å². The summed E-state index contributed by atoms with van der Waals surface area (Å²) in [6.45, 7) is 3.15. The molecule has 1 aliphatic carbocycles. The van der Waals surface area contributed by atoms with E-state index in [4.69, 9.17) is 4.74 Å². The number of nitrogens with one attached hydrogen (secondary N) is 1. The molecule has 31 heavy (non-hydrogen) atoms. The zero-order chi connectivity index (χ0) is 21.4. The van der Waals surface area contributed by atoms with Gasteiger partial charge in [-0.15, -0.1) is 0 Å². The third-order valence-corrected chi connectivity index (χ3v) is 5.93. The van der Waals surface area contributed by atoms with Gasteiger partial charge >= 0.3 is 0 Å². The summed E-state index contributed by atoms with van der Waals surface area (Å²) in [5.41, 5.74) is 5.39. The van der Waals surface area contributed by atoms with Gasteiger partial charge in [-0.3, -0.25) is 9.59 Å². The number of para-hydroxylation sites is 1. The van der Waals surface area contributed by atoms with Crippen molar-refractivity contribution in [3.05, 3.63) is 89.2 Å². The second kappa shape index (κ2) is 7.76. The minimum absolute atomic E-state index is 0.0883. The minimum atomic E-state index is -0.0883. The molecule has 2 aromatic carbocycles. The van der Waals surface area contributed by atoms with Gasteiger partial charge < -0.3 is 14.6 Å². The molecule has 0 saturated heterocycles. The number of hydrogen-bond acceptors (Lipinski definition) is 3. The molecule has 5 heteroatoms. The lowest BCUT2D eigenvalue weighted by molar-refractivity contribution is -0.120. The molecule has 5 rings (SSSR count). The number of amides is 1. The van der Waals surface area contributed by atoms with Gasteiger partial charge in [0.2, 0.25) is 0 Å². The molecular formula is C26H22N2O3. The normalized spacial score (nSPS) is 19.1. The first-order chi connectivity index (χ1) is 15.2. The van der Waals surface area contributed by atoms with Crippen LogP contribution in [0.25, 0.3) is 17.0 Å². The molecule has 2 heterocycles. The van der Waals surface area contributed by atoms with Gasteiger partial charge in [0.05, 0.1) is 5.69 Å². The number of benzene rings is 2. The van der Waals surface area contributed by atoms with Crippen LogP contribution in [0.1, 0.15) is 40.0 Å². The van der Waals surface area contributed by atoms with Gasteiger partial charge in [0.1, 0.15) is 11.4 Å². The maximum atomic E-state index is 13.5. The highest BCUT2D eigenvalue weighted by Gasteiger charge is 2.35. The third-order valence-electron chi connectivity index (χ3n) is 5.93. The first-order valence-electron chi connectivity index (χ1n) is 10.4. The van der Waals surface area contributed by atoms with E-state index in [1.54, 1.807) is 4.90 Å². The van der Waals surface area contributed by atoms with Crippen LogP contribution in [0.4, 0.5) is 5.69 Å². The number of carbonyl (C=O) groups is 2. The van der Waals surface area contributed by atoms with E-state index in [-0.39, 0.29) is 11.8 Å². The Morgan fingerprint density at radius 1 is 1.16 bits per heavy atom. The Hall–Kier alpha value is -3.86. The van der Waals surface area contributed by atoms with Gasteiger partial charge in [-0.1, -0.05) is 61.6 Å². The van der Waals surface area contributed by atoms with Crippen molar-refractivity contribution in [1.82, 2.24) is 4.98 Å². The number of hydrogen-bond donors (Lipinski definition) is 1. The fraction of sp³-hybridized carbons (Fsp3) is 0.154. The SMILES string of the molecule is CC1CN(C(=O)c2cc3ccccc3[nH]2)c2cc(OC=O)c3c(c21)C/C=C\C=C/C=C3. The molecule has 0 spiro atoms. The van der Waals surface area contributed by atoms with E-state index >= 15 is 0 Å². The molecule has 1 aliphatic heterocycles. The van der Waals surface area contributed by atoms with Crippen LogP contribution >= 0.6 is 0 Å². The van der Waals surface area contributed by atoms with Crippen molar-refractivity contribution < 1.29 is 14.3 Å². The lowest BCUT2D eigenvalue weighted by Gasteiger charge is -2.20. The average Bonchev–Trinajstić information content (AvgIpc) is 3.37. The van der Waals surface area contributed by atoms with Gasteiger partial charge in [0.15, 0.2) is 0 Å². The number of aromatic nitrogens is 1. The Labute approximate surface area is 180 Å². The molecular weight excluding hydrogens is 388 g/mol. The van der Waals surface area contributed by atoms with Crippen molar-refractivity contribution in [2.75, 3.05) is 11.4 Å². The highest BCUT2D eigenvalue weighted by Crippen LogP contribution is 2.45. The quantitative estimate of drug-likeness (QED) is 0.608. The summed E-state index contributed by atoms with van der Waals surface area (Å²) in [6, 6.07) is 11.6. The Kier molecular flexibility index (Phi) is 4.79. The smallest absolute Gasteiger partial charge is 0.298 e. The largest absolute Gasteiger partial charge is 0.428 e. The standard InChI is InChI=1S/C26H22N2O3/c1-17-15-28(26(30)22-13-18-9-7-8-12-21(18)27-22)23-14-24(31-16-29)19-10-5-3-2-4-6-11-20(19)25(17)23/h2-10,12-14,16-17,27H,11,15H2,1H3/b3-2-,6-4-,10-5?. The van der Waals surface area contributed by atoms with Gasteiger partial charge in [0.25, 0.3) is 12.4 Å². The van der Waals surface area contributed by atoms with Gasteiger partial charge in [0, 0.05) is 35.0 Å². The molecule has 1 N–H and O–H groups in total. The van der Waals surface area contributed by atoms with E-state index < -0.39 is 0 Å². The molecule has 5 nitrogen and oxygen atoms in total. The summed E-state index contributed by atoms with van der Waals surface area (Å²) in [4.78, 5) is 29.7. The number of ether oxygens (including phenoxy) is 1. The Bertz CT molecular complexity index is 1250. The van der Waals surface area contributed by atoms with Gasteiger partial charge in [-0.2, -0.15) is 0 Å². The highest BCUT2D eigenvalue weighted by atomic mass is 16.5. The van der Waals surface area contributed by atoms with Crippen LogP contribution in [-0.2, 0) is 11.2 Å². The number of anilines is 1. The predicted octanol–water partition coefficient (Wildman–Crippen LogP) is 5.15. The summed E-state index contributed by atoms with van der Waals surface area (Å²) < 4.78 is 5.36. The van der Waals surface area contributed by atoms with Crippen LogP contribution in [-0.4, -0.2) is 23.9 Å². The molecule has 1 aromatic heterocycles. The van der Waals surface area contributed by atoms with E-state index in [9.17, 15) is 9.59 Å². The van der Waals surface area contributed by atoms with E-state index in [1.165, 1.54) is 0 Å². The van der Waals surface area contributed by atoms with Crippen LogP contribution in [0.2, 0.25) is 0 Å². The summed E-state index contributed by atoms with van der Waals surface area (Å²) in [5, 5.41) is 1.00. The van der Waals surface area contributed by atoms with E-state index in [1.807, 2.05) is 66.8 Å². The topological polar surface area (TPSA) is 62.4 Å². The first kappa shape index (κ1) is 19.1. The summed E-state index contributed by atoms with van der Waals surface area (Å²) in [6.07, 6.45) is 12.6. The molecule has 0 bridgehead atoms. The van der Waals surface area contributed by atoms with Crippen LogP contribution in [0, 0.1) is 0 Å². The molecule has 1 atom stereocenters. The number of H-pyrrole nitrogens is 1. The number of aromatic amines is 1. The van der Waals surface area contributed by atoms with E-state index in [0.717, 1.165) is 33.3 Å². The maximum Gasteiger partial charge on any atom is 0.298 e. The lowest BCUT2D eigenvalue weighted by Crippen LogP contribution is -2.29. The van der Waals surface area contributed by atoms with Crippen molar-refractivity contribution in [2.45, 2.75) is 19.3 Å². The third kappa shape index (κ3) is 3.28. The first-order valence-corrected chi connectivity index (χ1v) is 10.4. The average molecular weight is 410 g/mol. The molecule has 3 aromatic rings. The zero-order valence-electron chi connectivity index (χ0n) is 17.2. The second-order valence-corrected chi connectivity index (χ2v) is 7.88. The highest BCUT2D eigenvalue weighted by molar-refractivity contribution is 6.09. The van der Waals surface area contributed by atoms with Gasteiger partial charge in [-0.25, -0.2) is 0 Å². The zero-order valence-corrected chi connectivity index (χ0v) is 17.2. The van der Waals surface area contributed by atoms with Crippen molar-refractivity contribution in [2.24, 2.45) is 0 Å². The minimum Gasteiger partial charge on any atom is -0.428 e. The monoisotopic (exact) mass is 410 g/mol. The molecule has 0 fully saturated rings. The fourth-order valence-electron chi connectivity index (χ4n) is 4.59. The lowest BCUT2D eigenvalue weighted by atomic mass is 9.90. The van der Waals surface area contributed by atoms with Crippen molar-refractivity contribution in [1.29, 1.82) is 0 Å². The van der Waals surface area contributed by atoms with E-state index in [2.05, 4.69) is 18.0 Å². The number of carbonyl (C=O) groups excluding carboxylic acids is 2. The van der Waals surface area contributed by atoms with Crippen molar-refractivity contribution >= 4 is 35.0 Å². The Morgan fingerprint density at radius 3 is 2.84 bits per heavy atom. The number of fused-ring (bicyclic) bond motifs is 4. The van der Waals surface area contributed by atoms with Crippen LogP contribution in [0.15, 0.2) is 66.8 Å². The molecule has 154 valence electrons. The molecule has 1 amide bonds. The number of rotatable bonds is 3. The number of nitrogens with zero attached hydrogens (tertiary/aromatic N) is 1. The second-order valence-electron chi connectivity index (χ2n) is 7.88. The molecule has 0 radical (unpaired) electrons. The van der Waals surface area contributed by atoms with E-state index in [0.29, 0.717) is 30.9 Å². The molecule has 0 saturated carbocycles. The summed E-state index contributed by atoms with van der Waals surface area (Å²) in [7, 11) is 0. The maximum absolute atomic E-state index is 13.5.